The molecular weight excluding hydrogens is 320 g/mol. The van der Waals surface area contributed by atoms with E-state index >= 15 is 0 Å². The van der Waals surface area contributed by atoms with Gasteiger partial charge in [0.1, 0.15) is 6.07 Å². The Balaban J connectivity index is 2.11. The highest BCUT2D eigenvalue weighted by atomic mass is 32.2. The van der Waals surface area contributed by atoms with Gasteiger partial charge in [-0.2, -0.15) is 5.26 Å². The van der Waals surface area contributed by atoms with E-state index in [1.54, 1.807) is 39.1 Å². The van der Waals surface area contributed by atoms with E-state index < -0.39 is 5.60 Å². The number of nitrogens with zero attached hydrogens (tertiary/aromatic N) is 2. The smallest absolute Gasteiger partial charge is 0.253 e. The molecule has 0 aromatic heterocycles. The maximum absolute atomic E-state index is 12.4. The van der Waals surface area contributed by atoms with E-state index in [2.05, 4.69) is 6.07 Å². The number of likely N-dealkylation sites (N-methyl/N-ethyl adjacent to an activating group) is 1. The molecule has 4 nitrogen and oxygen atoms in total. The van der Waals surface area contributed by atoms with E-state index in [4.69, 9.17) is 5.26 Å². The molecule has 1 amide bonds. The van der Waals surface area contributed by atoms with Gasteiger partial charge in [-0.1, -0.05) is 23.9 Å². The van der Waals surface area contributed by atoms with Gasteiger partial charge >= 0.3 is 0 Å². The van der Waals surface area contributed by atoms with Crippen molar-refractivity contribution in [1.82, 2.24) is 4.90 Å². The molecular formula is C19H20N2O2S. The molecule has 0 aliphatic carbocycles. The van der Waals surface area contributed by atoms with Crippen LogP contribution in [0.1, 0.15) is 29.8 Å². The Hall–Kier alpha value is -2.29. The molecule has 0 saturated heterocycles. The van der Waals surface area contributed by atoms with Crippen LogP contribution < -0.4 is 0 Å². The highest BCUT2D eigenvalue weighted by molar-refractivity contribution is 7.99. The number of hydrogen-bond acceptors (Lipinski definition) is 4. The molecule has 0 spiro atoms. The Bertz CT molecular complexity index is 758. The Labute approximate surface area is 146 Å². The molecule has 2 aromatic carbocycles. The third-order valence-electron chi connectivity index (χ3n) is 3.31. The first-order valence-corrected chi connectivity index (χ1v) is 8.37. The number of carbonyl (C=O) groups is 1. The van der Waals surface area contributed by atoms with E-state index in [9.17, 15) is 9.90 Å². The van der Waals surface area contributed by atoms with Crippen molar-refractivity contribution >= 4 is 17.7 Å². The van der Waals surface area contributed by atoms with Crippen molar-refractivity contribution in [3.63, 3.8) is 0 Å². The Morgan fingerprint density at radius 3 is 2.42 bits per heavy atom. The monoisotopic (exact) mass is 340 g/mol. The van der Waals surface area contributed by atoms with E-state index in [1.165, 1.54) is 16.7 Å². The highest BCUT2D eigenvalue weighted by Crippen LogP contribution is 2.30. The summed E-state index contributed by atoms with van der Waals surface area (Å²) < 4.78 is 0. The minimum absolute atomic E-state index is 0.133. The number of hydrogen-bond donors (Lipinski definition) is 1. The van der Waals surface area contributed by atoms with Crippen LogP contribution in [0.15, 0.2) is 58.3 Å². The van der Waals surface area contributed by atoms with E-state index in [0.717, 1.165) is 9.79 Å². The molecule has 0 fully saturated rings. The predicted molar refractivity (Wildman–Crippen MR) is 95.0 cm³/mol. The standard InChI is InChI=1S/C19H20N2O2S/c1-19(2,23)13-21(3)18(22)14-8-10-16(11-9-14)24-17-7-5-4-6-15(17)12-20/h4-11,23H,13H2,1-3H3. The first-order chi connectivity index (χ1) is 11.3. The van der Waals surface area contributed by atoms with Crippen LogP contribution in [0.25, 0.3) is 0 Å². The van der Waals surface area contributed by atoms with Gasteiger partial charge in [-0.3, -0.25) is 4.79 Å². The summed E-state index contributed by atoms with van der Waals surface area (Å²) in [7, 11) is 1.67. The molecule has 0 saturated carbocycles. The van der Waals surface area contributed by atoms with E-state index in [0.29, 0.717) is 11.1 Å². The van der Waals surface area contributed by atoms with Crippen LogP contribution in [0, 0.1) is 11.3 Å². The van der Waals surface area contributed by atoms with Crippen molar-refractivity contribution in [1.29, 1.82) is 5.26 Å². The molecule has 0 radical (unpaired) electrons. The molecule has 5 heteroatoms. The van der Waals surface area contributed by atoms with Crippen LogP contribution in [0.4, 0.5) is 0 Å². The van der Waals surface area contributed by atoms with Crippen molar-refractivity contribution in [2.24, 2.45) is 0 Å². The highest BCUT2D eigenvalue weighted by Gasteiger charge is 2.20. The third-order valence-corrected chi connectivity index (χ3v) is 4.39. The molecule has 2 rings (SSSR count). The fourth-order valence-corrected chi connectivity index (χ4v) is 3.21. The maximum Gasteiger partial charge on any atom is 0.253 e. The van der Waals surface area contributed by atoms with Crippen molar-refractivity contribution < 1.29 is 9.90 Å². The molecule has 0 aliphatic rings. The normalized spacial score (nSPS) is 11.0. The topological polar surface area (TPSA) is 64.3 Å². The van der Waals surface area contributed by atoms with Crippen molar-refractivity contribution in [2.45, 2.75) is 29.2 Å². The van der Waals surface area contributed by atoms with Gasteiger partial charge in [0, 0.05) is 28.9 Å². The summed E-state index contributed by atoms with van der Waals surface area (Å²) >= 11 is 1.49. The second-order valence-electron chi connectivity index (χ2n) is 6.21. The van der Waals surface area contributed by atoms with Crippen LogP contribution >= 0.6 is 11.8 Å². The summed E-state index contributed by atoms with van der Waals surface area (Å²) in [5, 5.41) is 19.0. The molecule has 1 N–H and O–H groups in total. The van der Waals surface area contributed by atoms with Gasteiger partial charge in [0.2, 0.25) is 0 Å². The number of aliphatic hydroxyl groups is 1. The lowest BCUT2D eigenvalue weighted by Crippen LogP contribution is -2.39. The third kappa shape index (κ3) is 4.85. The molecule has 0 aliphatic heterocycles. The molecule has 2 aromatic rings. The van der Waals surface area contributed by atoms with Crippen LogP contribution in [-0.4, -0.2) is 35.1 Å². The van der Waals surface area contributed by atoms with E-state index in [1.807, 2.05) is 30.3 Å². The zero-order valence-electron chi connectivity index (χ0n) is 14.0. The molecule has 0 unspecified atom stereocenters. The Kier molecular flexibility index (Phi) is 5.66. The van der Waals surface area contributed by atoms with Gasteiger partial charge in [-0.15, -0.1) is 0 Å². The van der Waals surface area contributed by atoms with Gasteiger partial charge in [0.15, 0.2) is 0 Å². The van der Waals surface area contributed by atoms with Crippen molar-refractivity contribution in [3.8, 4) is 6.07 Å². The summed E-state index contributed by atoms with van der Waals surface area (Å²) in [5.74, 6) is -0.133. The van der Waals surface area contributed by atoms with Gasteiger partial charge in [-0.05, 0) is 50.2 Å². The summed E-state index contributed by atoms with van der Waals surface area (Å²) in [6.45, 7) is 3.60. The summed E-state index contributed by atoms with van der Waals surface area (Å²) in [4.78, 5) is 15.7. The lowest BCUT2D eigenvalue weighted by molar-refractivity contribution is 0.0368. The van der Waals surface area contributed by atoms with E-state index in [-0.39, 0.29) is 12.5 Å². The average molecular weight is 340 g/mol. The van der Waals surface area contributed by atoms with Gasteiger partial charge in [0.25, 0.3) is 5.91 Å². The second-order valence-corrected chi connectivity index (χ2v) is 7.32. The number of nitriles is 1. The van der Waals surface area contributed by atoms with Crippen LogP contribution in [0.3, 0.4) is 0 Å². The molecule has 24 heavy (non-hydrogen) atoms. The predicted octanol–water partition coefficient (Wildman–Crippen LogP) is 3.55. The first-order valence-electron chi connectivity index (χ1n) is 7.55. The quantitative estimate of drug-likeness (QED) is 0.904. The minimum Gasteiger partial charge on any atom is -0.389 e. The first kappa shape index (κ1) is 18.1. The fourth-order valence-electron chi connectivity index (χ4n) is 2.31. The van der Waals surface area contributed by atoms with Gasteiger partial charge in [0.05, 0.1) is 11.2 Å². The number of carbonyl (C=O) groups excluding carboxylic acids is 1. The zero-order valence-corrected chi connectivity index (χ0v) is 14.8. The van der Waals surface area contributed by atoms with Crippen LogP contribution in [0.2, 0.25) is 0 Å². The average Bonchev–Trinajstić information content (AvgIpc) is 2.54. The minimum atomic E-state index is -0.929. The van der Waals surface area contributed by atoms with Crippen LogP contribution in [0.5, 0.6) is 0 Å². The lowest BCUT2D eigenvalue weighted by atomic mass is 10.1. The molecule has 0 atom stereocenters. The molecule has 0 bridgehead atoms. The fraction of sp³-hybridized carbons (Fsp3) is 0.263. The SMILES string of the molecule is CN(CC(C)(C)O)C(=O)c1ccc(Sc2ccccc2C#N)cc1. The number of rotatable bonds is 5. The van der Waals surface area contributed by atoms with Crippen molar-refractivity contribution in [2.75, 3.05) is 13.6 Å². The van der Waals surface area contributed by atoms with Gasteiger partial charge in [-0.25, -0.2) is 0 Å². The number of amides is 1. The zero-order chi connectivity index (χ0) is 17.7. The summed E-state index contributed by atoms with van der Waals surface area (Å²) in [5.41, 5.74) is 0.272. The number of benzene rings is 2. The molecule has 124 valence electrons. The maximum atomic E-state index is 12.4. The van der Waals surface area contributed by atoms with Gasteiger partial charge < -0.3 is 10.0 Å². The van der Waals surface area contributed by atoms with Crippen LogP contribution in [-0.2, 0) is 0 Å². The Morgan fingerprint density at radius 2 is 1.83 bits per heavy atom. The second kappa shape index (κ2) is 7.52. The summed E-state index contributed by atoms with van der Waals surface area (Å²) in [6, 6.07) is 16.9. The summed E-state index contributed by atoms with van der Waals surface area (Å²) in [6.07, 6.45) is 0. The van der Waals surface area contributed by atoms with Crippen molar-refractivity contribution in [3.05, 3.63) is 59.7 Å². The Morgan fingerprint density at radius 1 is 1.21 bits per heavy atom. The largest absolute Gasteiger partial charge is 0.389 e. The molecule has 0 heterocycles. The lowest BCUT2D eigenvalue weighted by Gasteiger charge is -2.25.